The number of anilines is 1. The Bertz CT molecular complexity index is 1450. The Morgan fingerprint density at radius 3 is 2.47 bits per heavy atom. The number of nitrogens with zero attached hydrogens (tertiary/aromatic N) is 4. The van der Waals surface area contributed by atoms with E-state index in [1.54, 1.807) is 41.8 Å². The summed E-state index contributed by atoms with van der Waals surface area (Å²) in [5.41, 5.74) is 2.76. The van der Waals surface area contributed by atoms with E-state index in [4.69, 9.17) is 9.47 Å². The van der Waals surface area contributed by atoms with Gasteiger partial charge in [0.05, 0.1) is 25.4 Å². The van der Waals surface area contributed by atoms with Gasteiger partial charge in [-0.15, -0.1) is 5.10 Å². The molecule has 4 aromatic rings. The van der Waals surface area contributed by atoms with Crippen LogP contribution in [0.3, 0.4) is 0 Å². The summed E-state index contributed by atoms with van der Waals surface area (Å²) in [6.07, 6.45) is 0.382. The van der Waals surface area contributed by atoms with E-state index < -0.39 is 5.54 Å². The van der Waals surface area contributed by atoms with Crippen molar-refractivity contribution < 1.29 is 19.1 Å². The summed E-state index contributed by atoms with van der Waals surface area (Å²) in [5.74, 6) is 0.496. The van der Waals surface area contributed by atoms with Crippen LogP contribution >= 0.6 is 0 Å². The van der Waals surface area contributed by atoms with Crippen LogP contribution in [-0.2, 0) is 22.7 Å². The molecular weight excluding hydrogens is 482 g/mol. The number of methoxy groups -OCH3 is 2. The van der Waals surface area contributed by atoms with Crippen molar-refractivity contribution in [1.82, 2.24) is 19.9 Å². The Morgan fingerprint density at radius 1 is 1.03 bits per heavy atom. The minimum absolute atomic E-state index is 0.0544. The van der Waals surface area contributed by atoms with Crippen molar-refractivity contribution in [3.05, 3.63) is 77.9 Å². The summed E-state index contributed by atoms with van der Waals surface area (Å²) >= 11 is 0. The Labute approximate surface area is 222 Å². The fourth-order valence-electron chi connectivity index (χ4n) is 4.38. The van der Waals surface area contributed by atoms with Crippen LogP contribution in [0.2, 0.25) is 0 Å². The third kappa shape index (κ3) is 5.32. The molecule has 0 fully saturated rings. The molecule has 1 unspecified atom stereocenters. The van der Waals surface area contributed by atoms with Gasteiger partial charge in [-0.1, -0.05) is 48.5 Å². The largest absolute Gasteiger partial charge is 0.497 e. The normalized spacial score (nSPS) is 12.6. The highest BCUT2D eigenvalue weighted by Gasteiger charge is 2.41. The molecule has 1 atom stereocenters. The summed E-state index contributed by atoms with van der Waals surface area (Å²) < 4.78 is 12.3. The maximum atomic E-state index is 14.0. The van der Waals surface area contributed by atoms with E-state index in [1.165, 1.54) is 7.11 Å². The minimum Gasteiger partial charge on any atom is -0.497 e. The zero-order chi connectivity index (χ0) is 27.3. The summed E-state index contributed by atoms with van der Waals surface area (Å²) in [5, 5.41) is 11.3. The lowest BCUT2D eigenvalue weighted by molar-refractivity contribution is -0.146. The maximum Gasteiger partial charge on any atom is 0.250 e. The van der Waals surface area contributed by atoms with Gasteiger partial charge in [-0.3, -0.25) is 9.59 Å². The fraction of sp³-hybridized carbons (Fsp3) is 0.310. The van der Waals surface area contributed by atoms with Gasteiger partial charge >= 0.3 is 0 Å². The number of amides is 2. The van der Waals surface area contributed by atoms with Crippen molar-refractivity contribution in [1.29, 1.82) is 0 Å². The molecule has 3 aromatic carbocycles. The molecule has 1 aromatic heterocycles. The molecule has 0 bridgehead atoms. The number of hydrogen-bond acceptors (Lipinski definition) is 6. The van der Waals surface area contributed by atoms with E-state index in [9.17, 15) is 9.59 Å². The quantitative estimate of drug-likeness (QED) is 0.332. The van der Waals surface area contributed by atoms with Gasteiger partial charge in [0.25, 0.3) is 0 Å². The van der Waals surface area contributed by atoms with Gasteiger partial charge in [-0.2, -0.15) is 0 Å². The lowest BCUT2D eigenvalue weighted by atomic mass is 9.93. The van der Waals surface area contributed by atoms with Crippen LogP contribution in [0, 0.1) is 6.92 Å². The van der Waals surface area contributed by atoms with Crippen LogP contribution in [-0.4, -0.2) is 51.5 Å². The Balaban J connectivity index is 1.70. The molecule has 0 saturated heterocycles. The predicted octanol–water partition coefficient (Wildman–Crippen LogP) is 4.59. The number of nitrogens with one attached hydrogen (secondary N) is 1. The first-order chi connectivity index (χ1) is 18.3. The minimum atomic E-state index is -1.18. The third-order valence-electron chi connectivity index (χ3n) is 7.03. The lowest BCUT2D eigenvalue weighted by Gasteiger charge is -2.40. The Kier molecular flexibility index (Phi) is 7.95. The molecule has 1 heterocycles. The number of aromatic nitrogens is 3. The van der Waals surface area contributed by atoms with E-state index >= 15 is 0 Å². The standard InChI is InChI=1S/C29H33N5O4/c1-6-29(3,28(36)30-24-16-15-22(37-4)17-26(24)38-5)33(18-21-12-8-7-11-20(21)2)27(35)19-34-25-14-10-9-13-23(25)31-32-34/h7-17H,6,18-19H2,1-5H3,(H,30,36). The highest BCUT2D eigenvalue weighted by atomic mass is 16.5. The number of rotatable bonds is 10. The molecule has 0 aliphatic rings. The molecule has 1 N–H and O–H groups in total. The molecule has 9 heteroatoms. The molecule has 0 aliphatic carbocycles. The average molecular weight is 516 g/mol. The Morgan fingerprint density at radius 2 is 1.76 bits per heavy atom. The molecule has 4 rings (SSSR count). The smallest absolute Gasteiger partial charge is 0.250 e. The van der Waals surface area contributed by atoms with E-state index in [-0.39, 0.29) is 24.9 Å². The number of fused-ring (bicyclic) bond motifs is 1. The molecule has 0 saturated carbocycles. The van der Waals surface area contributed by atoms with Crippen molar-refractivity contribution >= 4 is 28.5 Å². The van der Waals surface area contributed by atoms with Gasteiger partial charge in [0.15, 0.2) is 0 Å². The van der Waals surface area contributed by atoms with Crippen molar-refractivity contribution in [2.75, 3.05) is 19.5 Å². The number of carbonyl (C=O) groups excluding carboxylic acids is 2. The molecule has 0 spiro atoms. The number of carbonyl (C=O) groups is 2. The number of para-hydroxylation sites is 1. The van der Waals surface area contributed by atoms with Crippen LogP contribution in [0.25, 0.3) is 11.0 Å². The van der Waals surface area contributed by atoms with Gasteiger partial charge in [0, 0.05) is 12.6 Å². The SMILES string of the molecule is CCC(C)(C(=O)Nc1ccc(OC)cc1OC)N(Cc1ccccc1C)C(=O)Cn1nnc2ccccc21. The second kappa shape index (κ2) is 11.3. The van der Waals surface area contributed by atoms with Crippen molar-refractivity contribution in [3.8, 4) is 11.5 Å². The molecule has 0 aliphatic heterocycles. The molecule has 198 valence electrons. The van der Waals surface area contributed by atoms with Crippen molar-refractivity contribution in [3.63, 3.8) is 0 Å². The summed E-state index contributed by atoms with van der Waals surface area (Å²) in [4.78, 5) is 29.5. The predicted molar refractivity (Wildman–Crippen MR) is 146 cm³/mol. The van der Waals surface area contributed by atoms with Gasteiger partial charge in [0.1, 0.15) is 29.1 Å². The lowest BCUT2D eigenvalue weighted by Crippen LogP contribution is -2.57. The number of ether oxygens (including phenoxy) is 2. The molecule has 9 nitrogen and oxygen atoms in total. The van der Waals surface area contributed by atoms with Gasteiger partial charge in [0.2, 0.25) is 11.8 Å². The van der Waals surface area contributed by atoms with E-state index in [2.05, 4.69) is 15.6 Å². The van der Waals surface area contributed by atoms with Crippen LogP contribution in [0.4, 0.5) is 5.69 Å². The Hall–Kier alpha value is -4.40. The molecule has 2 amide bonds. The first kappa shape index (κ1) is 26.7. The monoisotopic (exact) mass is 515 g/mol. The van der Waals surface area contributed by atoms with E-state index in [0.29, 0.717) is 29.1 Å². The average Bonchev–Trinajstić information content (AvgIpc) is 3.34. The summed E-state index contributed by atoms with van der Waals surface area (Å²) in [6, 6.07) is 20.5. The van der Waals surface area contributed by atoms with Crippen molar-refractivity contribution in [2.45, 2.75) is 45.8 Å². The second-order valence-electron chi connectivity index (χ2n) is 9.29. The number of aryl methyl sites for hydroxylation is 1. The fourth-order valence-corrected chi connectivity index (χ4v) is 4.38. The molecule has 38 heavy (non-hydrogen) atoms. The topological polar surface area (TPSA) is 98.6 Å². The maximum absolute atomic E-state index is 14.0. The van der Waals surface area contributed by atoms with Gasteiger partial charge in [-0.25, -0.2) is 4.68 Å². The van der Waals surface area contributed by atoms with Gasteiger partial charge < -0.3 is 19.7 Å². The van der Waals surface area contributed by atoms with E-state index in [0.717, 1.165) is 16.6 Å². The van der Waals surface area contributed by atoms with Crippen LogP contribution < -0.4 is 14.8 Å². The van der Waals surface area contributed by atoms with Crippen molar-refractivity contribution in [2.24, 2.45) is 0 Å². The summed E-state index contributed by atoms with van der Waals surface area (Å²) in [6.45, 7) is 5.88. The first-order valence-corrected chi connectivity index (χ1v) is 12.5. The third-order valence-corrected chi connectivity index (χ3v) is 7.03. The highest BCUT2D eigenvalue weighted by Crippen LogP contribution is 2.32. The number of benzene rings is 3. The van der Waals surface area contributed by atoms with Crippen LogP contribution in [0.1, 0.15) is 31.4 Å². The summed E-state index contributed by atoms with van der Waals surface area (Å²) in [7, 11) is 3.09. The highest BCUT2D eigenvalue weighted by molar-refractivity contribution is 6.01. The first-order valence-electron chi connectivity index (χ1n) is 12.5. The van der Waals surface area contributed by atoms with Crippen LogP contribution in [0.15, 0.2) is 66.7 Å². The molecular formula is C29H33N5O4. The zero-order valence-corrected chi connectivity index (χ0v) is 22.4. The van der Waals surface area contributed by atoms with E-state index in [1.807, 2.05) is 62.4 Å². The van der Waals surface area contributed by atoms with Crippen LogP contribution in [0.5, 0.6) is 11.5 Å². The second-order valence-corrected chi connectivity index (χ2v) is 9.29. The molecule has 0 radical (unpaired) electrons. The van der Waals surface area contributed by atoms with Gasteiger partial charge in [-0.05, 0) is 55.7 Å². The number of hydrogen-bond donors (Lipinski definition) is 1. The zero-order valence-electron chi connectivity index (χ0n) is 22.4.